The summed E-state index contributed by atoms with van der Waals surface area (Å²) in [5, 5.41) is 11.4. The predicted molar refractivity (Wildman–Crippen MR) is 105 cm³/mol. The maximum atomic E-state index is 12.4. The lowest BCUT2D eigenvalue weighted by Crippen LogP contribution is -2.49. The van der Waals surface area contributed by atoms with E-state index in [4.69, 9.17) is 14.6 Å². The van der Waals surface area contributed by atoms with Gasteiger partial charge in [0.25, 0.3) is 5.91 Å². The summed E-state index contributed by atoms with van der Waals surface area (Å²) in [6.45, 7) is 1.60. The van der Waals surface area contributed by atoms with Crippen LogP contribution in [0, 0.1) is 0 Å². The van der Waals surface area contributed by atoms with E-state index in [2.05, 4.69) is 5.32 Å². The molecule has 3 rings (SSSR count). The van der Waals surface area contributed by atoms with Crippen LogP contribution in [0.15, 0.2) is 48.5 Å². The van der Waals surface area contributed by atoms with Crippen molar-refractivity contribution in [3.63, 3.8) is 0 Å². The van der Waals surface area contributed by atoms with Gasteiger partial charge in [-0.15, -0.1) is 0 Å². The first kappa shape index (κ1) is 20.2. The molecule has 1 unspecified atom stereocenters. The van der Waals surface area contributed by atoms with Crippen molar-refractivity contribution in [1.29, 1.82) is 0 Å². The highest BCUT2D eigenvalue weighted by Crippen LogP contribution is 2.33. The van der Waals surface area contributed by atoms with E-state index in [0.717, 1.165) is 5.56 Å². The van der Waals surface area contributed by atoms with Crippen LogP contribution in [-0.2, 0) is 20.8 Å². The number of rotatable bonds is 8. The fourth-order valence-electron chi connectivity index (χ4n) is 2.97. The first-order chi connectivity index (χ1) is 13.9. The van der Waals surface area contributed by atoms with Gasteiger partial charge in [-0.1, -0.05) is 24.3 Å². The van der Waals surface area contributed by atoms with Gasteiger partial charge in [-0.25, -0.2) is 4.79 Å². The van der Waals surface area contributed by atoms with Crippen molar-refractivity contribution in [1.82, 2.24) is 5.32 Å². The summed E-state index contributed by atoms with van der Waals surface area (Å²) in [6.07, 6.45) is -0.0470. The molecule has 8 heteroatoms. The summed E-state index contributed by atoms with van der Waals surface area (Å²) < 4.78 is 10.6. The molecule has 0 spiro atoms. The molecule has 2 amide bonds. The molecule has 2 N–H and O–H groups in total. The molecule has 8 nitrogen and oxygen atoms in total. The summed E-state index contributed by atoms with van der Waals surface area (Å²) in [4.78, 5) is 36.7. The summed E-state index contributed by atoms with van der Waals surface area (Å²) in [5.74, 6) is -0.497. The second kappa shape index (κ2) is 9.09. The molecule has 1 atom stereocenters. The number of carbonyl (C=O) groups is 3. The number of hydrogen-bond acceptors (Lipinski definition) is 5. The van der Waals surface area contributed by atoms with Crippen LogP contribution in [0.25, 0.3) is 0 Å². The summed E-state index contributed by atoms with van der Waals surface area (Å²) in [5.41, 5.74) is 1.55. The van der Waals surface area contributed by atoms with Crippen LogP contribution in [0.3, 0.4) is 0 Å². The number of anilines is 1. The Labute approximate surface area is 168 Å². The largest absolute Gasteiger partial charge is 0.482 e. The Kier molecular flexibility index (Phi) is 6.33. The Balaban J connectivity index is 1.50. The van der Waals surface area contributed by atoms with Gasteiger partial charge in [0.2, 0.25) is 5.91 Å². The molecule has 0 fully saturated rings. The first-order valence-corrected chi connectivity index (χ1v) is 9.21. The summed E-state index contributed by atoms with van der Waals surface area (Å²) >= 11 is 0. The van der Waals surface area contributed by atoms with Crippen LogP contribution in [0.4, 0.5) is 5.69 Å². The fourth-order valence-corrected chi connectivity index (χ4v) is 2.97. The highest BCUT2D eigenvalue weighted by atomic mass is 16.5. The zero-order valence-corrected chi connectivity index (χ0v) is 16.0. The Morgan fingerprint density at radius 3 is 2.62 bits per heavy atom. The van der Waals surface area contributed by atoms with E-state index >= 15 is 0 Å². The van der Waals surface area contributed by atoms with Gasteiger partial charge in [0, 0.05) is 6.54 Å². The minimum atomic E-state index is -1.03. The molecule has 0 aliphatic carbocycles. The lowest BCUT2D eigenvalue weighted by atomic mass is 10.1. The standard InChI is InChI=1S/C21H22N2O6/c1-14-21(27)23(17-4-2-3-5-18(17)29-14)12-19(24)22-11-10-15-6-8-16(9-7-15)28-13-20(25)26/h2-9,14H,10-13H2,1H3,(H,22,24)(H,25,26). The number of aliphatic carboxylic acids is 1. The number of fused-ring (bicyclic) bond motifs is 1. The number of para-hydroxylation sites is 2. The molecule has 0 bridgehead atoms. The number of hydrogen-bond donors (Lipinski definition) is 2. The zero-order valence-electron chi connectivity index (χ0n) is 16.0. The third-order valence-electron chi connectivity index (χ3n) is 4.40. The lowest BCUT2D eigenvalue weighted by Gasteiger charge is -2.32. The monoisotopic (exact) mass is 398 g/mol. The van der Waals surface area contributed by atoms with E-state index < -0.39 is 18.7 Å². The molecule has 0 saturated carbocycles. The minimum absolute atomic E-state index is 0.0779. The van der Waals surface area contributed by atoms with Crippen LogP contribution in [0.2, 0.25) is 0 Å². The average Bonchev–Trinajstić information content (AvgIpc) is 2.70. The minimum Gasteiger partial charge on any atom is -0.482 e. The lowest BCUT2D eigenvalue weighted by molar-refractivity contribution is -0.139. The first-order valence-electron chi connectivity index (χ1n) is 9.21. The van der Waals surface area contributed by atoms with E-state index in [1.807, 2.05) is 18.2 Å². The predicted octanol–water partition coefficient (Wildman–Crippen LogP) is 1.62. The highest BCUT2D eigenvalue weighted by Gasteiger charge is 2.32. The van der Waals surface area contributed by atoms with Gasteiger partial charge in [-0.3, -0.25) is 14.5 Å². The van der Waals surface area contributed by atoms with Gasteiger partial charge in [0.05, 0.1) is 5.69 Å². The third kappa shape index (κ3) is 5.25. The van der Waals surface area contributed by atoms with Crippen molar-refractivity contribution in [2.75, 3.05) is 24.6 Å². The quantitative estimate of drug-likeness (QED) is 0.700. The Bertz CT molecular complexity index is 896. The van der Waals surface area contributed by atoms with Crippen LogP contribution in [0.5, 0.6) is 11.5 Å². The van der Waals surface area contributed by atoms with Gasteiger partial charge < -0.3 is 19.9 Å². The molecule has 0 saturated heterocycles. The maximum absolute atomic E-state index is 12.4. The van der Waals surface area contributed by atoms with E-state index in [1.54, 1.807) is 37.3 Å². The molecule has 1 aliphatic heterocycles. The van der Waals surface area contributed by atoms with E-state index in [0.29, 0.717) is 30.2 Å². The molecule has 1 aliphatic rings. The Morgan fingerprint density at radius 2 is 1.90 bits per heavy atom. The number of carbonyl (C=O) groups excluding carboxylic acids is 2. The van der Waals surface area contributed by atoms with Gasteiger partial charge in [0.1, 0.15) is 18.0 Å². The third-order valence-corrected chi connectivity index (χ3v) is 4.40. The number of benzene rings is 2. The molecule has 0 radical (unpaired) electrons. The SMILES string of the molecule is CC1Oc2ccccc2N(CC(=O)NCCc2ccc(OCC(=O)O)cc2)C1=O. The fraction of sp³-hybridized carbons (Fsp3) is 0.286. The Hall–Kier alpha value is -3.55. The zero-order chi connectivity index (χ0) is 20.8. The second-order valence-electron chi connectivity index (χ2n) is 6.58. The van der Waals surface area contributed by atoms with Gasteiger partial charge in [-0.05, 0) is 43.2 Å². The average molecular weight is 398 g/mol. The van der Waals surface area contributed by atoms with Gasteiger partial charge in [-0.2, -0.15) is 0 Å². The highest BCUT2D eigenvalue weighted by molar-refractivity contribution is 6.03. The van der Waals surface area contributed by atoms with Crippen LogP contribution in [-0.4, -0.2) is 48.7 Å². The number of carboxylic acid groups (broad SMARTS) is 1. The summed E-state index contributed by atoms with van der Waals surface area (Å²) in [6, 6.07) is 14.1. The van der Waals surface area contributed by atoms with Crippen molar-refractivity contribution >= 4 is 23.5 Å². The summed E-state index contributed by atoms with van der Waals surface area (Å²) in [7, 11) is 0. The van der Waals surface area contributed by atoms with Gasteiger partial charge >= 0.3 is 5.97 Å². The van der Waals surface area contributed by atoms with Crippen LogP contribution in [0.1, 0.15) is 12.5 Å². The molecular weight excluding hydrogens is 376 g/mol. The van der Waals surface area contributed by atoms with E-state index in [9.17, 15) is 14.4 Å². The van der Waals surface area contributed by atoms with E-state index in [1.165, 1.54) is 4.90 Å². The van der Waals surface area contributed by atoms with Crippen molar-refractivity contribution in [2.45, 2.75) is 19.4 Å². The van der Waals surface area contributed by atoms with Gasteiger partial charge in [0.15, 0.2) is 12.7 Å². The molecule has 2 aromatic rings. The van der Waals surface area contributed by atoms with E-state index in [-0.39, 0.29) is 18.4 Å². The smallest absolute Gasteiger partial charge is 0.341 e. The number of ether oxygens (including phenoxy) is 2. The van der Waals surface area contributed by atoms with Crippen molar-refractivity contribution < 1.29 is 29.0 Å². The van der Waals surface area contributed by atoms with Crippen molar-refractivity contribution in [3.05, 3.63) is 54.1 Å². The molecule has 2 aromatic carbocycles. The number of carboxylic acids is 1. The maximum Gasteiger partial charge on any atom is 0.341 e. The van der Waals surface area contributed by atoms with Crippen molar-refractivity contribution in [2.24, 2.45) is 0 Å². The van der Waals surface area contributed by atoms with Crippen LogP contribution < -0.4 is 19.7 Å². The Morgan fingerprint density at radius 1 is 1.17 bits per heavy atom. The molecule has 0 aromatic heterocycles. The molecule has 152 valence electrons. The molecule has 29 heavy (non-hydrogen) atoms. The number of nitrogens with one attached hydrogen (secondary N) is 1. The molecule has 1 heterocycles. The van der Waals surface area contributed by atoms with Crippen molar-refractivity contribution in [3.8, 4) is 11.5 Å². The van der Waals surface area contributed by atoms with Crippen LogP contribution >= 0.6 is 0 Å². The normalized spacial score (nSPS) is 15.3. The number of amides is 2. The second-order valence-corrected chi connectivity index (χ2v) is 6.58. The number of nitrogens with zero attached hydrogens (tertiary/aromatic N) is 1. The topological polar surface area (TPSA) is 105 Å². The molecular formula is C21H22N2O6.